The molecule has 2 aromatic rings. The molecule has 0 unspecified atom stereocenters. The summed E-state index contributed by atoms with van der Waals surface area (Å²) in [5.74, 6) is -0.961. The van der Waals surface area contributed by atoms with Gasteiger partial charge in [0.25, 0.3) is 0 Å². The molecule has 1 heterocycles. The van der Waals surface area contributed by atoms with Crippen molar-refractivity contribution in [3.63, 3.8) is 0 Å². The van der Waals surface area contributed by atoms with Crippen molar-refractivity contribution in [3.05, 3.63) is 40.5 Å². The van der Waals surface area contributed by atoms with Crippen molar-refractivity contribution in [2.75, 3.05) is 5.32 Å². The third-order valence-electron chi connectivity index (χ3n) is 2.55. The number of hydrogen-bond donors (Lipinski definition) is 2. The number of rotatable bonds is 3. The maximum absolute atomic E-state index is 11.7. The third-order valence-corrected chi connectivity index (χ3v) is 2.86. The van der Waals surface area contributed by atoms with Crippen molar-refractivity contribution in [2.24, 2.45) is 0 Å². The number of amides is 2. The number of carbonyl (C=O) groups excluding carboxylic acids is 2. The third kappa shape index (κ3) is 4.03. The number of nitrogens with zero attached hydrogens (tertiary/aromatic N) is 2. The van der Waals surface area contributed by atoms with E-state index in [1.54, 1.807) is 25.1 Å². The molecule has 0 aliphatic rings. The Morgan fingerprint density at radius 3 is 2.67 bits per heavy atom. The first kappa shape index (κ1) is 15.0. The van der Waals surface area contributed by atoms with Gasteiger partial charge >= 0.3 is 11.8 Å². The zero-order chi connectivity index (χ0) is 15.4. The van der Waals surface area contributed by atoms with Crippen LogP contribution in [-0.2, 0) is 16.1 Å². The van der Waals surface area contributed by atoms with Crippen LogP contribution in [0.25, 0.3) is 0 Å². The minimum Gasteiger partial charge on any atom is -0.339 e. The van der Waals surface area contributed by atoms with Gasteiger partial charge in [0.15, 0.2) is 5.82 Å². The lowest BCUT2D eigenvalue weighted by Crippen LogP contribution is -2.35. The molecule has 0 spiro atoms. The highest BCUT2D eigenvalue weighted by Crippen LogP contribution is 2.22. The van der Waals surface area contributed by atoms with Gasteiger partial charge in [0.1, 0.15) is 0 Å². The highest BCUT2D eigenvalue weighted by molar-refractivity contribution is 6.41. The molecule has 2 amide bonds. The van der Waals surface area contributed by atoms with E-state index in [4.69, 9.17) is 16.1 Å². The zero-order valence-electron chi connectivity index (χ0n) is 11.4. The van der Waals surface area contributed by atoms with Crippen molar-refractivity contribution in [3.8, 4) is 0 Å². The Kier molecular flexibility index (Phi) is 4.54. The molecule has 1 aromatic carbocycles. The molecular formula is C13H13ClN4O3. The van der Waals surface area contributed by atoms with E-state index in [1.165, 1.54) is 0 Å². The number of aromatic nitrogens is 2. The first-order valence-corrected chi connectivity index (χ1v) is 6.48. The van der Waals surface area contributed by atoms with Crippen molar-refractivity contribution in [2.45, 2.75) is 20.4 Å². The summed E-state index contributed by atoms with van der Waals surface area (Å²) in [6.45, 7) is 3.51. The van der Waals surface area contributed by atoms with Gasteiger partial charge in [-0.2, -0.15) is 4.98 Å². The largest absolute Gasteiger partial charge is 0.339 e. The van der Waals surface area contributed by atoms with Gasteiger partial charge in [-0.3, -0.25) is 9.59 Å². The first-order valence-electron chi connectivity index (χ1n) is 6.10. The van der Waals surface area contributed by atoms with Gasteiger partial charge in [-0.25, -0.2) is 0 Å². The lowest BCUT2D eigenvalue weighted by molar-refractivity contribution is -0.136. The Morgan fingerprint density at radius 2 is 2.05 bits per heavy atom. The normalized spacial score (nSPS) is 10.2. The number of halogens is 1. The Hall–Kier alpha value is -2.41. The van der Waals surface area contributed by atoms with E-state index in [9.17, 15) is 9.59 Å². The van der Waals surface area contributed by atoms with Crippen LogP contribution in [0, 0.1) is 13.8 Å². The molecule has 7 nitrogen and oxygen atoms in total. The molecule has 0 saturated carbocycles. The molecule has 110 valence electrons. The molecule has 21 heavy (non-hydrogen) atoms. The molecule has 2 N–H and O–H groups in total. The molecule has 8 heteroatoms. The van der Waals surface area contributed by atoms with Gasteiger partial charge in [-0.15, -0.1) is 0 Å². The summed E-state index contributed by atoms with van der Waals surface area (Å²) in [4.78, 5) is 27.3. The predicted molar refractivity (Wildman–Crippen MR) is 75.7 cm³/mol. The van der Waals surface area contributed by atoms with Crippen LogP contribution in [0.15, 0.2) is 22.7 Å². The molecule has 2 rings (SSSR count). The molecule has 0 fully saturated rings. The van der Waals surface area contributed by atoms with Gasteiger partial charge in [0, 0.05) is 0 Å². The van der Waals surface area contributed by atoms with E-state index in [2.05, 4.69) is 20.8 Å². The maximum Gasteiger partial charge on any atom is 0.313 e. The van der Waals surface area contributed by atoms with Crippen LogP contribution in [0.4, 0.5) is 5.69 Å². The van der Waals surface area contributed by atoms with Crippen LogP contribution >= 0.6 is 11.6 Å². The fourth-order valence-electron chi connectivity index (χ4n) is 1.55. The topological polar surface area (TPSA) is 97.1 Å². The number of nitrogens with one attached hydrogen (secondary N) is 2. The van der Waals surface area contributed by atoms with Crippen LogP contribution in [0.3, 0.4) is 0 Å². The molecule has 0 radical (unpaired) electrons. The van der Waals surface area contributed by atoms with E-state index in [0.717, 1.165) is 5.56 Å². The average Bonchev–Trinajstić information content (AvgIpc) is 2.85. The maximum atomic E-state index is 11.7. The highest BCUT2D eigenvalue weighted by atomic mass is 35.5. The molecule has 1 aromatic heterocycles. The van der Waals surface area contributed by atoms with E-state index < -0.39 is 11.8 Å². The van der Waals surface area contributed by atoms with E-state index in [1.807, 2.05) is 6.92 Å². The van der Waals surface area contributed by atoms with Crippen LogP contribution in [-0.4, -0.2) is 22.0 Å². The lowest BCUT2D eigenvalue weighted by Gasteiger charge is -2.07. The zero-order valence-corrected chi connectivity index (χ0v) is 12.2. The summed E-state index contributed by atoms with van der Waals surface area (Å²) >= 11 is 5.97. The second-order valence-corrected chi connectivity index (χ2v) is 4.76. The number of benzene rings is 1. The fraction of sp³-hybridized carbons (Fsp3) is 0.231. The van der Waals surface area contributed by atoms with Crippen molar-refractivity contribution < 1.29 is 14.1 Å². The summed E-state index contributed by atoms with van der Waals surface area (Å²) in [6.07, 6.45) is 0. The number of hydrogen-bond acceptors (Lipinski definition) is 5. The minimum absolute atomic E-state index is 0.0191. The van der Waals surface area contributed by atoms with Crippen molar-refractivity contribution in [1.82, 2.24) is 15.5 Å². The van der Waals surface area contributed by atoms with Gasteiger partial charge in [-0.1, -0.05) is 22.8 Å². The summed E-state index contributed by atoms with van der Waals surface area (Å²) in [5.41, 5.74) is 1.32. The second kappa shape index (κ2) is 6.36. The van der Waals surface area contributed by atoms with Crippen LogP contribution in [0.1, 0.15) is 17.3 Å². The van der Waals surface area contributed by atoms with Crippen molar-refractivity contribution >= 4 is 29.1 Å². The Balaban J connectivity index is 1.91. The predicted octanol–water partition coefficient (Wildman–Crippen LogP) is 1.59. The quantitative estimate of drug-likeness (QED) is 0.839. The van der Waals surface area contributed by atoms with Crippen LogP contribution in [0.2, 0.25) is 5.02 Å². The Bertz CT molecular complexity index is 684. The summed E-state index contributed by atoms with van der Waals surface area (Å²) in [7, 11) is 0. The van der Waals surface area contributed by atoms with Crippen LogP contribution < -0.4 is 10.6 Å². The van der Waals surface area contributed by atoms with E-state index in [-0.39, 0.29) is 12.4 Å². The second-order valence-electron chi connectivity index (χ2n) is 4.36. The lowest BCUT2D eigenvalue weighted by atomic mass is 10.2. The fourth-order valence-corrected chi connectivity index (χ4v) is 1.83. The van der Waals surface area contributed by atoms with Gasteiger partial charge in [-0.05, 0) is 31.5 Å². The van der Waals surface area contributed by atoms with Crippen molar-refractivity contribution in [1.29, 1.82) is 0 Å². The highest BCUT2D eigenvalue weighted by Gasteiger charge is 2.16. The smallest absolute Gasteiger partial charge is 0.313 e. The van der Waals surface area contributed by atoms with Crippen LogP contribution in [0.5, 0.6) is 0 Å². The standard InChI is InChI=1S/C13H13ClN4O3/c1-7-3-4-10(9(14)5-7)17-13(20)12(19)15-6-11-16-8(2)18-21-11/h3-5H,6H2,1-2H3,(H,15,19)(H,17,20). The average molecular weight is 309 g/mol. The summed E-state index contributed by atoms with van der Waals surface area (Å²) in [6, 6.07) is 5.10. The number of carbonyl (C=O) groups is 2. The molecule has 0 atom stereocenters. The monoisotopic (exact) mass is 308 g/mol. The minimum atomic E-state index is -0.822. The number of anilines is 1. The Labute approximate surface area is 125 Å². The van der Waals surface area contributed by atoms with E-state index in [0.29, 0.717) is 16.5 Å². The molecule has 0 aliphatic heterocycles. The number of aryl methyl sites for hydroxylation is 2. The molecule has 0 aliphatic carbocycles. The van der Waals surface area contributed by atoms with Gasteiger partial charge < -0.3 is 15.2 Å². The summed E-state index contributed by atoms with van der Waals surface area (Å²) < 4.78 is 4.82. The Morgan fingerprint density at radius 1 is 1.29 bits per heavy atom. The SMILES string of the molecule is Cc1ccc(NC(=O)C(=O)NCc2nc(C)no2)c(Cl)c1. The first-order chi connectivity index (χ1) is 9.95. The summed E-state index contributed by atoms with van der Waals surface area (Å²) in [5, 5.41) is 8.74. The van der Waals surface area contributed by atoms with Gasteiger partial charge in [0.05, 0.1) is 17.3 Å². The van der Waals surface area contributed by atoms with Gasteiger partial charge in [0.2, 0.25) is 5.89 Å². The molecule has 0 bridgehead atoms. The van der Waals surface area contributed by atoms with E-state index >= 15 is 0 Å². The molecule has 0 saturated heterocycles. The molecular weight excluding hydrogens is 296 g/mol.